The minimum atomic E-state index is -0.239. The number of aromatic amines is 1. The molecular formula is C19H14N4O4. The van der Waals surface area contributed by atoms with E-state index in [1.807, 2.05) is 18.2 Å². The maximum Gasteiger partial charge on any atom is 0.273 e. The molecule has 0 saturated heterocycles. The zero-order valence-electron chi connectivity index (χ0n) is 14.3. The number of pyridine rings is 1. The van der Waals surface area contributed by atoms with Crippen LogP contribution in [0.25, 0.3) is 28.2 Å². The smallest absolute Gasteiger partial charge is 0.273 e. The molecule has 4 heterocycles. The Morgan fingerprint density at radius 3 is 2.89 bits per heavy atom. The number of ether oxygens (including phenoxy) is 3. The minimum absolute atomic E-state index is 0.131. The lowest BCUT2D eigenvalue weighted by Crippen LogP contribution is -2.14. The summed E-state index contributed by atoms with van der Waals surface area (Å²) < 4.78 is 17.8. The molecule has 1 aromatic carbocycles. The average molecular weight is 362 g/mol. The van der Waals surface area contributed by atoms with Crippen molar-refractivity contribution in [3.8, 4) is 39.8 Å². The monoisotopic (exact) mass is 362 g/mol. The van der Waals surface area contributed by atoms with Gasteiger partial charge in [0.2, 0.25) is 12.5 Å². The van der Waals surface area contributed by atoms with Crippen LogP contribution in [0.15, 0.2) is 53.6 Å². The van der Waals surface area contributed by atoms with Crippen LogP contribution >= 0.6 is 0 Å². The number of hydrogen-bond donors (Lipinski definition) is 1. The molecule has 4 aromatic rings. The van der Waals surface area contributed by atoms with Crippen LogP contribution in [0.2, 0.25) is 0 Å². The molecule has 1 aliphatic heterocycles. The van der Waals surface area contributed by atoms with E-state index in [1.165, 1.54) is 10.6 Å². The molecule has 0 unspecified atom stereocenters. The van der Waals surface area contributed by atoms with Gasteiger partial charge in [-0.2, -0.15) is 0 Å². The lowest BCUT2D eigenvalue weighted by Gasteiger charge is -2.11. The van der Waals surface area contributed by atoms with E-state index in [-0.39, 0.29) is 12.4 Å². The van der Waals surface area contributed by atoms with E-state index in [0.29, 0.717) is 34.2 Å². The molecule has 0 saturated carbocycles. The molecule has 0 atom stereocenters. The Kier molecular flexibility index (Phi) is 3.36. The third-order valence-electron chi connectivity index (χ3n) is 4.41. The molecule has 1 aliphatic rings. The van der Waals surface area contributed by atoms with E-state index in [4.69, 9.17) is 19.2 Å². The third-order valence-corrected chi connectivity index (χ3v) is 4.41. The maximum absolute atomic E-state index is 12.6. The number of nitrogens with zero attached hydrogens (tertiary/aromatic N) is 3. The zero-order chi connectivity index (χ0) is 18.4. The maximum atomic E-state index is 12.6. The molecule has 8 heteroatoms. The van der Waals surface area contributed by atoms with Crippen LogP contribution in [0.3, 0.4) is 0 Å². The number of methoxy groups -OCH3 is 1. The van der Waals surface area contributed by atoms with Crippen molar-refractivity contribution in [2.45, 2.75) is 0 Å². The van der Waals surface area contributed by atoms with Crippen molar-refractivity contribution in [1.82, 2.24) is 19.6 Å². The first-order valence-electron chi connectivity index (χ1n) is 8.26. The number of aromatic nitrogens is 4. The zero-order valence-corrected chi connectivity index (χ0v) is 14.3. The van der Waals surface area contributed by atoms with Crippen LogP contribution in [0.5, 0.6) is 17.2 Å². The van der Waals surface area contributed by atoms with Gasteiger partial charge in [-0.3, -0.25) is 14.9 Å². The van der Waals surface area contributed by atoms with E-state index in [9.17, 15) is 4.79 Å². The predicted octanol–water partition coefficient (Wildman–Crippen LogP) is 2.49. The van der Waals surface area contributed by atoms with Crippen LogP contribution in [-0.4, -0.2) is 33.5 Å². The molecular weight excluding hydrogens is 348 g/mol. The van der Waals surface area contributed by atoms with Gasteiger partial charge in [0.25, 0.3) is 5.56 Å². The summed E-state index contributed by atoms with van der Waals surface area (Å²) in [7, 11) is 1.54. The Bertz CT molecular complexity index is 1210. The van der Waals surface area contributed by atoms with Gasteiger partial charge in [-0.25, -0.2) is 9.50 Å². The number of hydrogen-bond acceptors (Lipinski definition) is 6. The normalized spacial score (nSPS) is 12.5. The number of nitrogens with one attached hydrogen (secondary N) is 1. The first-order chi connectivity index (χ1) is 13.3. The highest BCUT2D eigenvalue weighted by Crippen LogP contribution is 2.46. The summed E-state index contributed by atoms with van der Waals surface area (Å²) in [5.41, 5.74) is 2.82. The Morgan fingerprint density at radius 1 is 1.15 bits per heavy atom. The van der Waals surface area contributed by atoms with Crippen molar-refractivity contribution in [1.29, 1.82) is 0 Å². The molecule has 0 radical (unpaired) electrons. The fourth-order valence-corrected chi connectivity index (χ4v) is 3.18. The van der Waals surface area contributed by atoms with Gasteiger partial charge in [-0.05, 0) is 24.3 Å². The summed E-state index contributed by atoms with van der Waals surface area (Å²) in [6.07, 6.45) is 3.41. The van der Waals surface area contributed by atoms with Gasteiger partial charge in [0, 0.05) is 24.0 Å². The van der Waals surface area contributed by atoms with Gasteiger partial charge >= 0.3 is 0 Å². The molecule has 5 rings (SSSR count). The largest absolute Gasteiger partial charge is 0.492 e. The molecule has 1 N–H and O–H groups in total. The second-order valence-electron chi connectivity index (χ2n) is 5.92. The van der Waals surface area contributed by atoms with E-state index in [0.717, 1.165) is 11.3 Å². The van der Waals surface area contributed by atoms with Gasteiger partial charge in [0.15, 0.2) is 17.1 Å². The van der Waals surface area contributed by atoms with E-state index in [2.05, 4.69) is 10.1 Å². The topological polar surface area (TPSA) is 90.7 Å². The summed E-state index contributed by atoms with van der Waals surface area (Å²) in [6.45, 7) is 0.131. The predicted molar refractivity (Wildman–Crippen MR) is 97.2 cm³/mol. The average Bonchev–Trinajstić information content (AvgIpc) is 3.34. The first kappa shape index (κ1) is 15.4. The molecule has 134 valence electrons. The summed E-state index contributed by atoms with van der Waals surface area (Å²) in [6, 6.07) is 10.6. The Hall–Kier alpha value is -3.81. The van der Waals surface area contributed by atoms with Crippen molar-refractivity contribution in [2.24, 2.45) is 0 Å². The van der Waals surface area contributed by atoms with Gasteiger partial charge in [0.1, 0.15) is 0 Å². The molecule has 0 fully saturated rings. The van der Waals surface area contributed by atoms with Crippen LogP contribution < -0.4 is 19.8 Å². The fraction of sp³-hybridized carbons (Fsp3) is 0.105. The van der Waals surface area contributed by atoms with Gasteiger partial charge in [-0.1, -0.05) is 6.07 Å². The lowest BCUT2D eigenvalue weighted by atomic mass is 10.1. The Balaban J connectivity index is 1.75. The summed E-state index contributed by atoms with van der Waals surface area (Å²) in [4.78, 5) is 21.7. The summed E-state index contributed by atoms with van der Waals surface area (Å²) >= 11 is 0. The highest BCUT2D eigenvalue weighted by Gasteiger charge is 2.24. The van der Waals surface area contributed by atoms with E-state index in [1.54, 1.807) is 31.6 Å². The SMILES string of the molecule is COc1c(-c2cc(=O)n3[nH]cc(-c4ccccn4)c3n2)ccc2c1OCO2. The molecule has 0 spiro atoms. The standard InChI is InChI=1S/C19H14N4O4/c1-25-17-11(5-6-15-18(17)27-10-26-15)14-8-16(24)23-19(22-14)12(9-21-23)13-4-2-3-7-20-13/h2-9,21H,10H2,1H3. The number of H-pyrrole nitrogens is 1. The molecule has 8 nitrogen and oxygen atoms in total. The van der Waals surface area contributed by atoms with E-state index < -0.39 is 0 Å². The molecule has 0 bridgehead atoms. The van der Waals surface area contributed by atoms with Crippen molar-refractivity contribution in [2.75, 3.05) is 13.9 Å². The highest BCUT2D eigenvalue weighted by atomic mass is 16.7. The lowest BCUT2D eigenvalue weighted by molar-refractivity contribution is 0.171. The Morgan fingerprint density at radius 2 is 2.07 bits per heavy atom. The van der Waals surface area contributed by atoms with Crippen molar-refractivity contribution in [3.63, 3.8) is 0 Å². The Labute approximate surface area is 153 Å². The van der Waals surface area contributed by atoms with Crippen LogP contribution in [0.1, 0.15) is 0 Å². The third kappa shape index (κ3) is 2.34. The van der Waals surface area contributed by atoms with E-state index >= 15 is 0 Å². The van der Waals surface area contributed by atoms with Gasteiger partial charge in [-0.15, -0.1) is 0 Å². The molecule has 3 aromatic heterocycles. The second kappa shape index (κ2) is 5.87. The molecule has 0 amide bonds. The second-order valence-corrected chi connectivity index (χ2v) is 5.92. The van der Waals surface area contributed by atoms with Crippen LogP contribution in [0, 0.1) is 0 Å². The first-order valence-corrected chi connectivity index (χ1v) is 8.26. The van der Waals surface area contributed by atoms with Gasteiger partial charge < -0.3 is 14.2 Å². The van der Waals surface area contributed by atoms with Gasteiger partial charge in [0.05, 0.1) is 24.1 Å². The van der Waals surface area contributed by atoms with Crippen LogP contribution in [-0.2, 0) is 0 Å². The summed E-state index contributed by atoms with van der Waals surface area (Å²) in [5.74, 6) is 1.59. The fourth-order valence-electron chi connectivity index (χ4n) is 3.18. The molecule has 0 aliphatic carbocycles. The number of fused-ring (bicyclic) bond motifs is 2. The highest BCUT2D eigenvalue weighted by molar-refractivity contribution is 5.79. The number of benzene rings is 1. The quantitative estimate of drug-likeness (QED) is 0.602. The van der Waals surface area contributed by atoms with Crippen molar-refractivity contribution in [3.05, 3.63) is 59.1 Å². The van der Waals surface area contributed by atoms with Crippen molar-refractivity contribution >= 4 is 5.65 Å². The van der Waals surface area contributed by atoms with Crippen molar-refractivity contribution < 1.29 is 14.2 Å². The van der Waals surface area contributed by atoms with Crippen LogP contribution in [0.4, 0.5) is 0 Å². The summed E-state index contributed by atoms with van der Waals surface area (Å²) in [5, 5.41) is 2.93. The molecule has 27 heavy (non-hydrogen) atoms. The minimum Gasteiger partial charge on any atom is -0.492 e. The number of rotatable bonds is 3.